The summed E-state index contributed by atoms with van der Waals surface area (Å²) in [6, 6.07) is 11.1. The van der Waals surface area contributed by atoms with Crippen LogP contribution in [0, 0.1) is 5.82 Å². The zero-order valence-corrected chi connectivity index (χ0v) is 12.7. The lowest BCUT2D eigenvalue weighted by Crippen LogP contribution is -2.27. The van der Waals surface area contributed by atoms with Gasteiger partial charge in [-0.15, -0.1) is 0 Å². The molecule has 0 radical (unpaired) electrons. The molecule has 4 nitrogen and oxygen atoms in total. The highest BCUT2D eigenvalue weighted by atomic mass is 19.1. The number of rotatable bonds is 2. The molecular formula is C17H18FNO3. The van der Waals surface area contributed by atoms with Crippen LogP contribution in [0.5, 0.6) is 5.75 Å². The summed E-state index contributed by atoms with van der Waals surface area (Å²) < 4.78 is 18.5. The van der Waals surface area contributed by atoms with Crippen molar-refractivity contribution < 1.29 is 19.0 Å². The summed E-state index contributed by atoms with van der Waals surface area (Å²) in [5.74, 6) is -1.06. The van der Waals surface area contributed by atoms with Crippen molar-refractivity contribution in [1.82, 2.24) is 0 Å². The Morgan fingerprint density at radius 3 is 2.23 bits per heavy atom. The molecule has 2 rings (SSSR count). The Balaban J connectivity index is 2.10. The number of carbonyl (C=O) groups is 1. The van der Waals surface area contributed by atoms with Gasteiger partial charge in [-0.1, -0.05) is 18.2 Å². The number of amides is 1. The van der Waals surface area contributed by atoms with Crippen molar-refractivity contribution in [3.63, 3.8) is 0 Å². The highest BCUT2D eigenvalue weighted by Crippen LogP contribution is 2.26. The fourth-order valence-electron chi connectivity index (χ4n) is 1.85. The van der Waals surface area contributed by atoms with Crippen molar-refractivity contribution in [2.24, 2.45) is 0 Å². The first-order valence-corrected chi connectivity index (χ1v) is 6.83. The summed E-state index contributed by atoms with van der Waals surface area (Å²) in [6.45, 7) is 5.36. The molecule has 0 aliphatic carbocycles. The standard InChI is InChI=1S/C17H18FNO3/c1-17(2,3)22-16(21)19-13-7-4-11(5-8-13)12-6-9-15(20)14(18)10-12/h4-10,20H,1-3H3,(H,19,21). The smallest absolute Gasteiger partial charge is 0.412 e. The van der Waals surface area contributed by atoms with E-state index >= 15 is 0 Å². The quantitative estimate of drug-likeness (QED) is 0.856. The van der Waals surface area contributed by atoms with Crippen LogP contribution in [-0.4, -0.2) is 16.8 Å². The number of hydrogen-bond donors (Lipinski definition) is 2. The molecule has 2 aromatic carbocycles. The highest BCUT2D eigenvalue weighted by molar-refractivity contribution is 5.85. The molecule has 0 bridgehead atoms. The van der Waals surface area contributed by atoms with E-state index in [0.29, 0.717) is 11.3 Å². The van der Waals surface area contributed by atoms with Crippen LogP contribution in [0.25, 0.3) is 11.1 Å². The fraction of sp³-hybridized carbons (Fsp3) is 0.235. The summed E-state index contributed by atoms with van der Waals surface area (Å²) in [4.78, 5) is 11.7. The minimum atomic E-state index is -0.673. The molecule has 2 aromatic rings. The topological polar surface area (TPSA) is 58.6 Å². The number of nitrogens with one attached hydrogen (secondary N) is 1. The van der Waals surface area contributed by atoms with Gasteiger partial charge in [0, 0.05) is 5.69 Å². The largest absolute Gasteiger partial charge is 0.505 e. The van der Waals surface area contributed by atoms with E-state index in [0.717, 1.165) is 5.56 Å². The van der Waals surface area contributed by atoms with E-state index in [4.69, 9.17) is 4.74 Å². The van der Waals surface area contributed by atoms with E-state index in [1.165, 1.54) is 12.1 Å². The van der Waals surface area contributed by atoms with Gasteiger partial charge in [-0.25, -0.2) is 9.18 Å². The molecule has 0 heterocycles. The summed E-state index contributed by atoms with van der Waals surface area (Å²) in [6.07, 6.45) is -0.532. The van der Waals surface area contributed by atoms with E-state index in [-0.39, 0.29) is 5.75 Å². The maximum absolute atomic E-state index is 13.4. The predicted octanol–water partition coefficient (Wildman–Crippen LogP) is 4.55. The van der Waals surface area contributed by atoms with E-state index < -0.39 is 17.5 Å². The molecule has 22 heavy (non-hydrogen) atoms. The van der Waals surface area contributed by atoms with Gasteiger partial charge >= 0.3 is 6.09 Å². The van der Waals surface area contributed by atoms with Crippen LogP contribution in [-0.2, 0) is 4.74 Å². The van der Waals surface area contributed by atoms with Gasteiger partial charge in [0.2, 0.25) is 0 Å². The summed E-state index contributed by atoms with van der Waals surface area (Å²) in [5, 5.41) is 11.8. The monoisotopic (exact) mass is 303 g/mol. The van der Waals surface area contributed by atoms with E-state index in [9.17, 15) is 14.3 Å². The SMILES string of the molecule is CC(C)(C)OC(=O)Nc1ccc(-c2ccc(O)c(F)c2)cc1. The maximum atomic E-state index is 13.4. The van der Waals surface area contributed by atoms with Gasteiger partial charge in [0.1, 0.15) is 5.60 Å². The Kier molecular flexibility index (Phi) is 4.35. The molecular weight excluding hydrogens is 285 g/mol. The molecule has 5 heteroatoms. The molecule has 0 aromatic heterocycles. The van der Waals surface area contributed by atoms with Crippen molar-refractivity contribution in [1.29, 1.82) is 0 Å². The van der Waals surface area contributed by atoms with Crippen molar-refractivity contribution in [2.75, 3.05) is 5.32 Å². The lowest BCUT2D eigenvalue weighted by Gasteiger charge is -2.19. The minimum Gasteiger partial charge on any atom is -0.505 e. The third kappa shape index (κ3) is 4.22. The summed E-state index contributed by atoms with van der Waals surface area (Å²) in [5.41, 5.74) is 1.43. The van der Waals surface area contributed by atoms with Gasteiger partial charge in [-0.2, -0.15) is 0 Å². The van der Waals surface area contributed by atoms with Crippen molar-refractivity contribution in [3.05, 3.63) is 48.3 Å². The average molecular weight is 303 g/mol. The third-order valence-electron chi connectivity index (χ3n) is 2.81. The molecule has 2 N–H and O–H groups in total. The molecule has 116 valence electrons. The zero-order chi connectivity index (χ0) is 16.3. The van der Waals surface area contributed by atoms with Gasteiger partial charge in [-0.05, 0) is 56.2 Å². The molecule has 0 aliphatic rings. The van der Waals surface area contributed by atoms with Gasteiger partial charge in [-0.3, -0.25) is 5.32 Å². The van der Waals surface area contributed by atoms with Crippen LogP contribution in [0.2, 0.25) is 0 Å². The molecule has 0 aliphatic heterocycles. The van der Waals surface area contributed by atoms with Crippen molar-refractivity contribution >= 4 is 11.8 Å². The lowest BCUT2D eigenvalue weighted by atomic mass is 10.1. The van der Waals surface area contributed by atoms with Gasteiger partial charge in [0.25, 0.3) is 0 Å². The van der Waals surface area contributed by atoms with Crippen LogP contribution in [0.1, 0.15) is 20.8 Å². The Labute approximate surface area is 128 Å². The number of ether oxygens (including phenoxy) is 1. The number of benzene rings is 2. The number of halogens is 1. The maximum Gasteiger partial charge on any atom is 0.412 e. The molecule has 0 fully saturated rings. The fourth-order valence-corrected chi connectivity index (χ4v) is 1.85. The van der Waals surface area contributed by atoms with Crippen LogP contribution < -0.4 is 5.32 Å². The molecule has 0 spiro atoms. The number of anilines is 1. The van der Waals surface area contributed by atoms with Gasteiger partial charge in [0.15, 0.2) is 11.6 Å². The molecule has 0 unspecified atom stereocenters. The number of hydrogen-bond acceptors (Lipinski definition) is 3. The second-order valence-corrected chi connectivity index (χ2v) is 5.87. The van der Waals surface area contributed by atoms with Crippen LogP contribution in [0.4, 0.5) is 14.9 Å². The van der Waals surface area contributed by atoms with E-state index in [2.05, 4.69) is 5.32 Å². The minimum absolute atomic E-state index is 0.382. The number of carbonyl (C=O) groups excluding carboxylic acids is 1. The van der Waals surface area contributed by atoms with Crippen molar-refractivity contribution in [2.45, 2.75) is 26.4 Å². The van der Waals surface area contributed by atoms with E-state index in [1.54, 1.807) is 51.1 Å². The van der Waals surface area contributed by atoms with E-state index in [1.807, 2.05) is 0 Å². The number of phenolic OH excluding ortho intramolecular Hbond substituents is 1. The van der Waals surface area contributed by atoms with Crippen molar-refractivity contribution in [3.8, 4) is 16.9 Å². The molecule has 0 atom stereocenters. The van der Waals surface area contributed by atoms with Gasteiger partial charge < -0.3 is 9.84 Å². The first-order chi connectivity index (χ1) is 10.2. The summed E-state index contributed by atoms with van der Waals surface area (Å²) in [7, 11) is 0. The predicted molar refractivity (Wildman–Crippen MR) is 83.4 cm³/mol. The lowest BCUT2D eigenvalue weighted by molar-refractivity contribution is 0.0636. The number of aromatic hydroxyl groups is 1. The molecule has 1 amide bonds. The second kappa shape index (κ2) is 6.05. The second-order valence-electron chi connectivity index (χ2n) is 5.87. The first kappa shape index (κ1) is 15.8. The average Bonchev–Trinajstić information content (AvgIpc) is 2.40. The van der Waals surface area contributed by atoms with Gasteiger partial charge in [0.05, 0.1) is 0 Å². The Bertz CT molecular complexity index is 675. The zero-order valence-electron chi connectivity index (χ0n) is 12.7. The molecule has 0 saturated carbocycles. The summed E-state index contributed by atoms with van der Waals surface area (Å²) >= 11 is 0. The van der Waals surface area contributed by atoms with Crippen LogP contribution >= 0.6 is 0 Å². The Morgan fingerprint density at radius 2 is 1.68 bits per heavy atom. The van der Waals surface area contributed by atoms with Crippen LogP contribution in [0.15, 0.2) is 42.5 Å². The Morgan fingerprint density at radius 1 is 1.09 bits per heavy atom. The molecule has 0 saturated heterocycles. The van der Waals surface area contributed by atoms with Crippen LogP contribution in [0.3, 0.4) is 0 Å². The third-order valence-corrected chi connectivity index (χ3v) is 2.81. The highest BCUT2D eigenvalue weighted by Gasteiger charge is 2.16. The first-order valence-electron chi connectivity index (χ1n) is 6.83. The number of phenols is 1. The Hall–Kier alpha value is -2.56. The normalized spacial score (nSPS) is 11.1.